The first-order valence-corrected chi connectivity index (χ1v) is 6.07. The highest BCUT2D eigenvalue weighted by molar-refractivity contribution is 5.89. The topological polar surface area (TPSA) is 103 Å². The number of nitrogens with zero attached hydrogens (tertiary/aromatic N) is 3. The summed E-state index contributed by atoms with van der Waals surface area (Å²) >= 11 is 0. The van der Waals surface area contributed by atoms with E-state index in [1.54, 1.807) is 13.0 Å². The zero-order valence-electron chi connectivity index (χ0n) is 11.8. The average molecular weight is 280 g/mol. The van der Waals surface area contributed by atoms with Crippen LogP contribution in [0.4, 0.5) is 5.82 Å². The van der Waals surface area contributed by atoms with Crippen molar-refractivity contribution in [2.45, 2.75) is 39.7 Å². The fraction of sp³-hybridized carbons (Fsp3) is 0.500. The molecule has 2 heterocycles. The van der Waals surface area contributed by atoms with Gasteiger partial charge in [-0.1, -0.05) is 31.1 Å². The van der Waals surface area contributed by atoms with Gasteiger partial charge in [-0.15, -0.1) is 0 Å². The first-order valence-electron chi connectivity index (χ1n) is 6.07. The normalized spacial score (nSPS) is 11.6. The van der Waals surface area contributed by atoms with Gasteiger partial charge in [-0.05, 0) is 6.92 Å². The summed E-state index contributed by atoms with van der Waals surface area (Å²) in [6, 6.07) is 1.58. The average Bonchev–Trinajstić information content (AvgIpc) is 2.86. The van der Waals surface area contributed by atoms with Crippen molar-refractivity contribution in [2.75, 3.05) is 5.32 Å². The Bertz CT molecular complexity index is 674. The molecule has 8 nitrogen and oxygen atoms in total. The van der Waals surface area contributed by atoms with E-state index in [2.05, 4.69) is 20.2 Å². The Kier molecular flexibility index (Phi) is 3.47. The lowest BCUT2D eigenvalue weighted by Crippen LogP contribution is -2.30. The Morgan fingerprint density at radius 1 is 1.35 bits per heavy atom. The van der Waals surface area contributed by atoms with Crippen LogP contribution >= 0.6 is 0 Å². The summed E-state index contributed by atoms with van der Waals surface area (Å²) in [6.45, 7) is 7.14. The van der Waals surface area contributed by atoms with Crippen LogP contribution in [0.1, 0.15) is 32.4 Å². The first kappa shape index (κ1) is 14.0. The number of aryl methyl sites for hydroxylation is 1. The molecule has 0 bridgehead atoms. The zero-order valence-corrected chi connectivity index (χ0v) is 11.8. The molecule has 0 fully saturated rings. The van der Waals surface area contributed by atoms with Crippen molar-refractivity contribution in [1.82, 2.24) is 14.9 Å². The molecule has 0 aliphatic carbocycles. The van der Waals surface area contributed by atoms with Crippen LogP contribution in [-0.2, 0) is 16.8 Å². The molecule has 108 valence electrons. The molecule has 0 saturated heterocycles. The van der Waals surface area contributed by atoms with Crippen molar-refractivity contribution in [2.24, 2.45) is 0 Å². The summed E-state index contributed by atoms with van der Waals surface area (Å²) in [5.41, 5.74) is -0.406. The van der Waals surface area contributed by atoms with Gasteiger partial charge in [0.05, 0.1) is 0 Å². The molecule has 0 aromatic carbocycles. The molecule has 1 amide bonds. The third kappa shape index (κ3) is 2.95. The van der Waals surface area contributed by atoms with Crippen molar-refractivity contribution >= 4 is 11.7 Å². The number of carbonyl (C=O) groups excluding carboxylic acids is 1. The van der Waals surface area contributed by atoms with Crippen molar-refractivity contribution in [3.8, 4) is 0 Å². The second-order valence-corrected chi connectivity index (χ2v) is 5.48. The lowest BCUT2D eigenvalue weighted by atomic mass is 9.96. The van der Waals surface area contributed by atoms with Gasteiger partial charge in [0.15, 0.2) is 11.6 Å². The van der Waals surface area contributed by atoms with E-state index in [4.69, 9.17) is 4.52 Å². The second kappa shape index (κ2) is 4.95. The number of carbonyl (C=O) groups is 1. The number of nitrogens with one attached hydrogen (secondary N) is 1. The quantitative estimate of drug-likeness (QED) is 0.902. The number of aromatic nitrogens is 3. The van der Waals surface area contributed by atoms with Crippen LogP contribution in [0.5, 0.6) is 0 Å². The largest absolute Gasteiger partial charge is 0.442 e. The summed E-state index contributed by atoms with van der Waals surface area (Å²) in [7, 11) is 0. The molecule has 2 rings (SSSR count). The minimum absolute atomic E-state index is 0.194. The Labute approximate surface area is 114 Å². The number of anilines is 1. The van der Waals surface area contributed by atoms with Gasteiger partial charge in [-0.2, -0.15) is 0 Å². The van der Waals surface area contributed by atoms with Crippen molar-refractivity contribution in [3.05, 3.63) is 28.2 Å². The van der Waals surface area contributed by atoms with Crippen molar-refractivity contribution < 1.29 is 13.8 Å². The molecule has 0 aliphatic rings. The van der Waals surface area contributed by atoms with E-state index >= 15 is 0 Å². The molecular formula is C12H16N4O4. The van der Waals surface area contributed by atoms with Gasteiger partial charge in [-0.25, -0.2) is 4.79 Å². The van der Waals surface area contributed by atoms with Gasteiger partial charge in [0.1, 0.15) is 12.3 Å². The second-order valence-electron chi connectivity index (χ2n) is 5.48. The third-order valence-electron chi connectivity index (χ3n) is 2.55. The fourth-order valence-corrected chi connectivity index (χ4v) is 1.70. The molecule has 20 heavy (non-hydrogen) atoms. The Morgan fingerprint density at radius 3 is 2.60 bits per heavy atom. The van der Waals surface area contributed by atoms with E-state index in [0.29, 0.717) is 17.4 Å². The third-order valence-corrected chi connectivity index (χ3v) is 2.55. The van der Waals surface area contributed by atoms with Crippen LogP contribution in [0.3, 0.4) is 0 Å². The molecule has 8 heteroatoms. The van der Waals surface area contributed by atoms with Crippen LogP contribution in [-0.4, -0.2) is 20.8 Å². The maximum Gasteiger partial charge on any atom is 0.442 e. The summed E-state index contributed by atoms with van der Waals surface area (Å²) in [5.74, 6) is 0.219. The van der Waals surface area contributed by atoms with Crippen LogP contribution in [0, 0.1) is 6.92 Å². The lowest BCUT2D eigenvalue weighted by molar-refractivity contribution is -0.116. The molecular weight excluding hydrogens is 264 g/mol. The van der Waals surface area contributed by atoms with Crippen LogP contribution in [0.15, 0.2) is 19.9 Å². The van der Waals surface area contributed by atoms with Crippen LogP contribution in [0.25, 0.3) is 0 Å². The standard InChI is InChI=1S/C12H16N4O4/c1-7-5-8(14-19-7)13-9(17)6-16-10(12(2,3)4)15-20-11(16)18/h5H,6H2,1-4H3,(H,13,14,17). The number of hydrogen-bond acceptors (Lipinski definition) is 6. The van der Waals surface area contributed by atoms with Gasteiger partial charge in [0.25, 0.3) is 0 Å². The van der Waals surface area contributed by atoms with Crippen molar-refractivity contribution in [1.29, 1.82) is 0 Å². The number of rotatable bonds is 3. The van der Waals surface area contributed by atoms with Crippen LogP contribution in [0.2, 0.25) is 0 Å². The molecule has 0 spiro atoms. The molecule has 0 unspecified atom stereocenters. The highest BCUT2D eigenvalue weighted by atomic mass is 16.5. The Balaban J connectivity index is 2.16. The van der Waals surface area contributed by atoms with E-state index in [-0.39, 0.29) is 6.54 Å². The summed E-state index contributed by atoms with van der Waals surface area (Å²) in [5, 5.41) is 9.89. The van der Waals surface area contributed by atoms with Gasteiger partial charge in [0.2, 0.25) is 5.91 Å². The minimum atomic E-state index is -0.665. The van der Waals surface area contributed by atoms with Gasteiger partial charge < -0.3 is 9.84 Å². The molecule has 1 N–H and O–H groups in total. The number of hydrogen-bond donors (Lipinski definition) is 1. The van der Waals surface area contributed by atoms with Gasteiger partial charge >= 0.3 is 5.76 Å². The predicted octanol–water partition coefficient (Wildman–Crippen LogP) is 1.07. The Hall–Kier alpha value is -2.38. The highest BCUT2D eigenvalue weighted by Gasteiger charge is 2.25. The molecule has 0 radical (unpaired) electrons. The molecule has 2 aromatic heterocycles. The zero-order chi connectivity index (χ0) is 14.9. The fourth-order valence-electron chi connectivity index (χ4n) is 1.70. The van der Waals surface area contributed by atoms with E-state index in [1.165, 1.54) is 4.57 Å². The molecule has 2 aromatic rings. The number of amides is 1. The predicted molar refractivity (Wildman–Crippen MR) is 69.3 cm³/mol. The maximum absolute atomic E-state index is 11.9. The van der Waals surface area contributed by atoms with Gasteiger partial charge in [0, 0.05) is 11.5 Å². The van der Waals surface area contributed by atoms with Crippen LogP contribution < -0.4 is 11.1 Å². The minimum Gasteiger partial charge on any atom is -0.360 e. The SMILES string of the molecule is Cc1cc(NC(=O)Cn2c(C(C)(C)C)noc2=O)no1. The highest BCUT2D eigenvalue weighted by Crippen LogP contribution is 2.18. The summed E-state index contributed by atoms with van der Waals surface area (Å²) < 4.78 is 10.7. The van der Waals surface area contributed by atoms with Gasteiger partial charge in [-0.3, -0.25) is 13.9 Å². The van der Waals surface area contributed by atoms with E-state index in [9.17, 15) is 9.59 Å². The Morgan fingerprint density at radius 2 is 2.05 bits per heavy atom. The lowest BCUT2D eigenvalue weighted by Gasteiger charge is -2.16. The molecule has 0 saturated carbocycles. The molecule has 0 aliphatic heterocycles. The van der Waals surface area contributed by atoms with Crippen molar-refractivity contribution in [3.63, 3.8) is 0 Å². The van der Waals surface area contributed by atoms with E-state index in [0.717, 1.165) is 0 Å². The summed E-state index contributed by atoms with van der Waals surface area (Å²) in [4.78, 5) is 23.5. The first-order chi connectivity index (χ1) is 9.27. The van der Waals surface area contributed by atoms with E-state index in [1.807, 2.05) is 20.8 Å². The van der Waals surface area contributed by atoms with E-state index < -0.39 is 17.1 Å². The maximum atomic E-state index is 11.9. The molecule has 0 atom stereocenters. The monoisotopic (exact) mass is 280 g/mol. The smallest absolute Gasteiger partial charge is 0.360 e. The summed E-state index contributed by atoms with van der Waals surface area (Å²) in [6.07, 6.45) is 0.